The van der Waals surface area contributed by atoms with Gasteiger partial charge in [0.25, 0.3) is 5.88 Å². The van der Waals surface area contributed by atoms with Crippen LogP contribution < -0.4 is 9.47 Å². The third-order valence-electron chi connectivity index (χ3n) is 6.40. The Balaban J connectivity index is 1.12. The maximum Gasteiger partial charge on any atom is 0.257 e. The van der Waals surface area contributed by atoms with Gasteiger partial charge in [-0.3, -0.25) is 9.69 Å². The average Bonchev–Trinajstić information content (AvgIpc) is 2.85. The van der Waals surface area contributed by atoms with E-state index in [4.69, 9.17) is 14.2 Å². The minimum Gasteiger partial charge on any atom is -0.484 e. The zero-order valence-corrected chi connectivity index (χ0v) is 17.7. The summed E-state index contributed by atoms with van der Waals surface area (Å²) < 4.78 is 17.1. The van der Waals surface area contributed by atoms with E-state index < -0.39 is 0 Å². The Morgan fingerprint density at radius 2 is 1.81 bits per heavy atom. The molecule has 1 amide bonds. The fourth-order valence-electron chi connectivity index (χ4n) is 4.55. The van der Waals surface area contributed by atoms with Crippen LogP contribution >= 0.6 is 0 Å². The van der Waals surface area contributed by atoms with Crippen LogP contribution in [0.2, 0.25) is 0 Å². The van der Waals surface area contributed by atoms with Crippen molar-refractivity contribution in [2.45, 2.75) is 25.5 Å². The number of amides is 1. The van der Waals surface area contributed by atoms with E-state index in [-0.39, 0.29) is 12.0 Å². The number of aromatic nitrogens is 1. The minimum atomic E-state index is -0.140. The van der Waals surface area contributed by atoms with Gasteiger partial charge in [0.2, 0.25) is 5.91 Å². The lowest BCUT2D eigenvalue weighted by Crippen LogP contribution is -2.46. The van der Waals surface area contributed by atoms with E-state index in [9.17, 15) is 4.79 Å². The Morgan fingerprint density at radius 3 is 2.58 bits per heavy atom. The summed E-state index contributed by atoms with van der Waals surface area (Å²) in [4.78, 5) is 21.4. The summed E-state index contributed by atoms with van der Waals surface area (Å²) in [5, 5.41) is 0. The zero-order chi connectivity index (χ0) is 21.0. The molecule has 1 atom stereocenters. The number of pyridine rings is 1. The van der Waals surface area contributed by atoms with E-state index in [0.717, 1.165) is 51.1 Å². The first kappa shape index (κ1) is 20.3. The van der Waals surface area contributed by atoms with Gasteiger partial charge in [0, 0.05) is 31.7 Å². The summed E-state index contributed by atoms with van der Waals surface area (Å²) in [6, 6.07) is 12.3. The summed E-state index contributed by atoms with van der Waals surface area (Å²) in [7, 11) is 0. The van der Waals surface area contributed by atoms with Crippen molar-refractivity contribution in [3.63, 3.8) is 0 Å². The van der Waals surface area contributed by atoms with Crippen LogP contribution in [0.5, 0.6) is 11.6 Å². The molecule has 5 rings (SSSR count). The summed E-state index contributed by atoms with van der Waals surface area (Å²) in [5.41, 5.74) is 2.37. The van der Waals surface area contributed by atoms with Gasteiger partial charge < -0.3 is 19.1 Å². The molecule has 3 aliphatic rings. The van der Waals surface area contributed by atoms with E-state index >= 15 is 0 Å². The number of carbonyl (C=O) groups is 1. The number of fused-ring (bicyclic) bond motifs is 1. The first-order chi connectivity index (χ1) is 15.3. The van der Waals surface area contributed by atoms with E-state index in [2.05, 4.69) is 34.1 Å². The second kappa shape index (κ2) is 9.24. The van der Waals surface area contributed by atoms with Gasteiger partial charge in [-0.2, -0.15) is 0 Å². The molecule has 1 aromatic carbocycles. The topological polar surface area (TPSA) is 64.1 Å². The van der Waals surface area contributed by atoms with E-state index in [0.29, 0.717) is 37.4 Å². The predicted octanol–water partition coefficient (Wildman–Crippen LogP) is 2.66. The molecule has 2 saturated heterocycles. The van der Waals surface area contributed by atoms with Crippen LogP contribution in [0, 0.1) is 5.92 Å². The van der Waals surface area contributed by atoms with Crippen LogP contribution in [0.4, 0.5) is 0 Å². The maximum absolute atomic E-state index is 12.7. The van der Waals surface area contributed by atoms with Crippen molar-refractivity contribution in [1.29, 1.82) is 0 Å². The second-order valence-electron chi connectivity index (χ2n) is 8.45. The molecular formula is C24H29N3O4. The quantitative estimate of drug-likeness (QED) is 0.754. The molecule has 0 radical (unpaired) electrons. The van der Waals surface area contributed by atoms with Crippen LogP contribution in [-0.2, 0) is 16.1 Å². The number of benzene rings is 1. The molecule has 0 bridgehead atoms. The lowest BCUT2D eigenvalue weighted by atomic mass is 9.94. The van der Waals surface area contributed by atoms with E-state index in [1.54, 1.807) is 6.20 Å². The summed E-state index contributed by atoms with van der Waals surface area (Å²) in [6.45, 7) is 6.14. The van der Waals surface area contributed by atoms with Crippen LogP contribution in [0.15, 0.2) is 42.6 Å². The molecule has 7 heteroatoms. The number of rotatable bonds is 4. The number of morpholine rings is 1. The van der Waals surface area contributed by atoms with Gasteiger partial charge in [-0.25, -0.2) is 4.98 Å². The maximum atomic E-state index is 12.7. The molecule has 1 unspecified atom stereocenters. The van der Waals surface area contributed by atoms with Crippen molar-refractivity contribution in [2.75, 3.05) is 46.0 Å². The SMILES string of the molecule is O=C(C1CCN(Cc2ccc(C3COc4cccnc4O3)cc2)CC1)N1CCOCC1. The number of likely N-dealkylation sites (tertiary alicyclic amines) is 1. The average molecular weight is 424 g/mol. The molecule has 2 aromatic rings. The second-order valence-corrected chi connectivity index (χ2v) is 8.45. The molecule has 1 aromatic heterocycles. The number of hydrogen-bond acceptors (Lipinski definition) is 6. The zero-order valence-electron chi connectivity index (χ0n) is 17.7. The van der Waals surface area contributed by atoms with Gasteiger partial charge in [0.15, 0.2) is 11.9 Å². The number of hydrogen-bond donors (Lipinski definition) is 0. The summed E-state index contributed by atoms with van der Waals surface area (Å²) in [6.07, 6.45) is 3.45. The summed E-state index contributed by atoms with van der Waals surface area (Å²) in [5.74, 6) is 1.73. The van der Waals surface area contributed by atoms with Gasteiger partial charge in [0.1, 0.15) is 6.61 Å². The van der Waals surface area contributed by atoms with Crippen molar-refractivity contribution in [1.82, 2.24) is 14.8 Å². The summed E-state index contributed by atoms with van der Waals surface area (Å²) >= 11 is 0. The Bertz CT molecular complexity index is 890. The first-order valence-corrected chi connectivity index (χ1v) is 11.2. The Kier molecular flexibility index (Phi) is 6.04. The Morgan fingerprint density at radius 1 is 1.03 bits per heavy atom. The van der Waals surface area contributed by atoms with Gasteiger partial charge in [-0.1, -0.05) is 24.3 Å². The van der Waals surface area contributed by atoms with Crippen molar-refractivity contribution in [2.24, 2.45) is 5.92 Å². The monoisotopic (exact) mass is 423 g/mol. The molecule has 7 nitrogen and oxygen atoms in total. The fourth-order valence-corrected chi connectivity index (χ4v) is 4.55. The first-order valence-electron chi connectivity index (χ1n) is 11.2. The van der Waals surface area contributed by atoms with Crippen LogP contribution in [-0.4, -0.2) is 66.7 Å². The molecular weight excluding hydrogens is 394 g/mol. The molecule has 0 saturated carbocycles. The standard InChI is InChI=1S/C24H29N3O4/c28-24(27-12-14-29-15-13-27)20-7-10-26(11-8-20)16-18-3-5-19(6-4-18)22-17-30-21-2-1-9-25-23(21)31-22/h1-6,9,20,22H,7-8,10-17H2. The van der Waals surface area contributed by atoms with Gasteiger partial charge in [-0.05, 0) is 49.2 Å². The predicted molar refractivity (Wildman–Crippen MR) is 115 cm³/mol. The van der Waals surface area contributed by atoms with E-state index in [1.807, 2.05) is 17.0 Å². The van der Waals surface area contributed by atoms with Gasteiger partial charge in [-0.15, -0.1) is 0 Å². The highest BCUT2D eigenvalue weighted by Gasteiger charge is 2.29. The largest absolute Gasteiger partial charge is 0.484 e. The molecule has 0 N–H and O–H groups in total. The lowest BCUT2D eigenvalue weighted by Gasteiger charge is -2.35. The van der Waals surface area contributed by atoms with Crippen LogP contribution in [0.25, 0.3) is 0 Å². The van der Waals surface area contributed by atoms with Crippen LogP contribution in [0.1, 0.15) is 30.1 Å². The van der Waals surface area contributed by atoms with Crippen molar-refractivity contribution in [3.8, 4) is 11.6 Å². The highest BCUT2D eigenvalue weighted by atomic mass is 16.6. The number of nitrogens with zero attached hydrogens (tertiary/aromatic N) is 3. The molecule has 2 fully saturated rings. The molecule has 31 heavy (non-hydrogen) atoms. The van der Waals surface area contributed by atoms with Crippen molar-refractivity contribution in [3.05, 3.63) is 53.7 Å². The molecule has 164 valence electrons. The highest BCUT2D eigenvalue weighted by molar-refractivity contribution is 5.79. The highest BCUT2D eigenvalue weighted by Crippen LogP contribution is 2.34. The fraction of sp³-hybridized carbons (Fsp3) is 0.500. The van der Waals surface area contributed by atoms with Gasteiger partial charge in [0.05, 0.1) is 13.2 Å². The Hall–Kier alpha value is -2.64. The molecule has 3 aliphatic heterocycles. The van der Waals surface area contributed by atoms with E-state index in [1.165, 1.54) is 5.56 Å². The normalized spacial score (nSPS) is 22.3. The lowest BCUT2D eigenvalue weighted by molar-refractivity contribution is -0.141. The molecule has 0 aliphatic carbocycles. The van der Waals surface area contributed by atoms with Crippen molar-refractivity contribution < 1.29 is 19.0 Å². The number of ether oxygens (including phenoxy) is 3. The molecule has 0 spiro atoms. The number of piperidine rings is 1. The van der Waals surface area contributed by atoms with Crippen molar-refractivity contribution >= 4 is 5.91 Å². The number of carbonyl (C=O) groups excluding carboxylic acids is 1. The molecule has 4 heterocycles. The smallest absolute Gasteiger partial charge is 0.257 e. The van der Waals surface area contributed by atoms with Crippen LogP contribution in [0.3, 0.4) is 0 Å². The Labute approximate surface area is 182 Å². The third-order valence-corrected chi connectivity index (χ3v) is 6.40. The van der Waals surface area contributed by atoms with Gasteiger partial charge >= 0.3 is 0 Å². The third kappa shape index (κ3) is 4.67. The minimum absolute atomic E-state index is 0.140.